The predicted molar refractivity (Wildman–Crippen MR) is 96.4 cm³/mol. The first kappa shape index (κ1) is 17.8. The summed E-state index contributed by atoms with van der Waals surface area (Å²) in [6, 6.07) is 11.0. The molecule has 0 radical (unpaired) electrons. The van der Waals surface area contributed by atoms with Gasteiger partial charge in [0, 0.05) is 17.0 Å². The van der Waals surface area contributed by atoms with Crippen molar-refractivity contribution in [2.24, 2.45) is 0 Å². The van der Waals surface area contributed by atoms with Crippen LogP contribution in [0.5, 0.6) is 0 Å². The van der Waals surface area contributed by atoms with Crippen molar-refractivity contribution >= 4 is 44.3 Å². The number of Topliss-reactive ketones (excluding diaryl/α,β-unsaturated/α-hetero) is 1. The molecule has 0 N–H and O–H groups in total. The van der Waals surface area contributed by atoms with Crippen LogP contribution in [0.2, 0.25) is 0 Å². The van der Waals surface area contributed by atoms with E-state index in [9.17, 15) is 19.7 Å². The van der Waals surface area contributed by atoms with Crippen LogP contribution in [0.15, 0.2) is 51.4 Å². The molecule has 0 unspecified atom stereocenters. The molecule has 132 valence electrons. The molecule has 0 atom stereocenters. The lowest BCUT2D eigenvalue weighted by atomic mass is 10.1. The summed E-state index contributed by atoms with van der Waals surface area (Å²) in [5, 5.41) is 11.7. The van der Waals surface area contributed by atoms with Crippen LogP contribution in [-0.4, -0.2) is 23.3 Å². The number of hydrogen-bond acceptors (Lipinski definition) is 6. The van der Waals surface area contributed by atoms with Gasteiger partial charge in [-0.05, 0) is 41.1 Å². The van der Waals surface area contributed by atoms with E-state index in [4.69, 9.17) is 9.15 Å². The summed E-state index contributed by atoms with van der Waals surface area (Å²) in [5.41, 5.74) is 0.956. The molecule has 1 heterocycles. The van der Waals surface area contributed by atoms with Crippen LogP contribution in [0.1, 0.15) is 26.5 Å². The maximum absolute atomic E-state index is 12.3. The molecule has 0 saturated heterocycles. The molecule has 0 amide bonds. The Morgan fingerprint density at radius 2 is 1.96 bits per heavy atom. The third-order valence-electron chi connectivity index (χ3n) is 3.81. The zero-order valence-corrected chi connectivity index (χ0v) is 15.1. The molecule has 3 rings (SSSR count). The molecule has 0 aliphatic carbocycles. The number of aryl methyl sites for hydroxylation is 1. The van der Waals surface area contributed by atoms with Gasteiger partial charge in [0.2, 0.25) is 5.78 Å². The van der Waals surface area contributed by atoms with E-state index in [0.29, 0.717) is 11.1 Å². The number of carbonyl (C=O) groups excluding carboxylic acids is 2. The number of rotatable bonds is 5. The summed E-state index contributed by atoms with van der Waals surface area (Å²) in [7, 11) is 0. The Morgan fingerprint density at radius 3 is 2.65 bits per heavy atom. The fourth-order valence-electron chi connectivity index (χ4n) is 2.50. The summed E-state index contributed by atoms with van der Waals surface area (Å²) in [6.45, 7) is 1.22. The quantitative estimate of drug-likeness (QED) is 0.263. The zero-order chi connectivity index (χ0) is 18.8. The minimum Gasteiger partial charge on any atom is -0.454 e. The van der Waals surface area contributed by atoms with Gasteiger partial charge in [-0.2, -0.15) is 0 Å². The molecule has 0 aliphatic heterocycles. The largest absolute Gasteiger partial charge is 0.454 e. The van der Waals surface area contributed by atoms with Crippen LogP contribution >= 0.6 is 15.9 Å². The van der Waals surface area contributed by atoms with Gasteiger partial charge in [-0.1, -0.05) is 18.2 Å². The van der Waals surface area contributed by atoms with Crippen molar-refractivity contribution in [3.63, 3.8) is 0 Å². The summed E-state index contributed by atoms with van der Waals surface area (Å²) in [6.07, 6.45) is 0. The van der Waals surface area contributed by atoms with Gasteiger partial charge in [0.1, 0.15) is 5.58 Å². The number of hydrogen-bond donors (Lipinski definition) is 0. The summed E-state index contributed by atoms with van der Waals surface area (Å²) >= 11 is 3.04. The SMILES string of the molecule is Cc1c(C(=O)COC(=O)c2ccc(Br)c([N+](=O)[O-])c2)oc2ccccc12. The van der Waals surface area contributed by atoms with E-state index < -0.39 is 23.3 Å². The second-order valence-corrected chi connectivity index (χ2v) is 6.33. The number of nitro benzene ring substituents is 1. The minimum atomic E-state index is -0.831. The van der Waals surface area contributed by atoms with Crippen molar-refractivity contribution in [2.75, 3.05) is 6.61 Å². The second kappa shape index (κ2) is 7.09. The highest BCUT2D eigenvalue weighted by Crippen LogP contribution is 2.27. The van der Waals surface area contributed by atoms with Crippen LogP contribution in [0.3, 0.4) is 0 Å². The van der Waals surface area contributed by atoms with E-state index >= 15 is 0 Å². The molecule has 0 aliphatic rings. The highest BCUT2D eigenvalue weighted by molar-refractivity contribution is 9.10. The van der Waals surface area contributed by atoms with Crippen LogP contribution in [-0.2, 0) is 4.74 Å². The Morgan fingerprint density at radius 1 is 1.23 bits per heavy atom. The Kier molecular flexibility index (Phi) is 4.85. The smallest absolute Gasteiger partial charge is 0.338 e. The maximum atomic E-state index is 12.3. The summed E-state index contributed by atoms with van der Waals surface area (Å²) in [5.74, 6) is -1.19. The fraction of sp³-hybridized carbons (Fsp3) is 0.111. The van der Waals surface area contributed by atoms with E-state index in [1.54, 1.807) is 19.1 Å². The molecule has 0 fully saturated rings. The number of nitro groups is 1. The molecule has 7 nitrogen and oxygen atoms in total. The van der Waals surface area contributed by atoms with Crippen molar-refractivity contribution < 1.29 is 23.7 Å². The lowest BCUT2D eigenvalue weighted by molar-refractivity contribution is -0.385. The van der Waals surface area contributed by atoms with Gasteiger partial charge in [-0.3, -0.25) is 14.9 Å². The number of para-hydroxylation sites is 1. The monoisotopic (exact) mass is 417 g/mol. The van der Waals surface area contributed by atoms with Crippen molar-refractivity contribution in [1.82, 2.24) is 0 Å². The molecular weight excluding hydrogens is 406 g/mol. The lowest BCUT2D eigenvalue weighted by Gasteiger charge is -2.04. The Labute approximate surface area is 155 Å². The van der Waals surface area contributed by atoms with E-state index in [1.165, 1.54) is 12.1 Å². The average molecular weight is 418 g/mol. The average Bonchev–Trinajstić information content (AvgIpc) is 2.97. The lowest BCUT2D eigenvalue weighted by Crippen LogP contribution is -2.14. The molecule has 8 heteroatoms. The number of carbonyl (C=O) groups is 2. The van der Waals surface area contributed by atoms with E-state index in [2.05, 4.69) is 15.9 Å². The Bertz CT molecular complexity index is 1040. The number of ketones is 1. The molecule has 26 heavy (non-hydrogen) atoms. The Balaban J connectivity index is 1.75. The van der Waals surface area contributed by atoms with Crippen molar-refractivity contribution in [3.8, 4) is 0 Å². The van der Waals surface area contributed by atoms with Gasteiger partial charge in [0.25, 0.3) is 5.69 Å². The Hall–Kier alpha value is -3.00. The molecular formula is C18H12BrNO6. The van der Waals surface area contributed by atoms with Gasteiger partial charge in [0.15, 0.2) is 12.4 Å². The van der Waals surface area contributed by atoms with Crippen LogP contribution < -0.4 is 0 Å². The standard InChI is InChI=1S/C18H12BrNO6/c1-10-12-4-2-3-5-16(12)26-17(10)15(21)9-25-18(22)11-6-7-13(19)14(8-11)20(23)24/h2-8H,9H2,1H3. The molecule has 1 aromatic heterocycles. The second-order valence-electron chi connectivity index (χ2n) is 5.47. The van der Waals surface area contributed by atoms with Gasteiger partial charge < -0.3 is 9.15 Å². The number of benzene rings is 2. The third-order valence-corrected chi connectivity index (χ3v) is 4.48. The predicted octanol–water partition coefficient (Wildman–Crippen LogP) is 4.45. The van der Waals surface area contributed by atoms with Gasteiger partial charge in [-0.15, -0.1) is 0 Å². The summed E-state index contributed by atoms with van der Waals surface area (Å²) in [4.78, 5) is 34.7. The first-order valence-corrected chi connectivity index (χ1v) is 8.30. The van der Waals surface area contributed by atoms with Crippen molar-refractivity contribution in [3.05, 3.63) is 73.9 Å². The zero-order valence-electron chi connectivity index (χ0n) is 13.5. The number of esters is 1. The van der Waals surface area contributed by atoms with E-state index in [-0.39, 0.29) is 21.5 Å². The first-order valence-electron chi connectivity index (χ1n) is 7.51. The van der Waals surface area contributed by atoms with Crippen molar-refractivity contribution in [1.29, 1.82) is 0 Å². The third kappa shape index (κ3) is 3.36. The van der Waals surface area contributed by atoms with E-state index in [0.717, 1.165) is 11.5 Å². The minimum absolute atomic E-state index is 0.0194. The van der Waals surface area contributed by atoms with Gasteiger partial charge >= 0.3 is 5.97 Å². The van der Waals surface area contributed by atoms with Crippen LogP contribution in [0, 0.1) is 17.0 Å². The number of halogens is 1. The van der Waals surface area contributed by atoms with E-state index in [1.807, 2.05) is 12.1 Å². The van der Waals surface area contributed by atoms with Crippen LogP contribution in [0.4, 0.5) is 5.69 Å². The summed E-state index contributed by atoms with van der Waals surface area (Å²) < 4.78 is 10.8. The normalized spacial score (nSPS) is 10.7. The molecule has 0 saturated carbocycles. The first-order chi connectivity index (χ1) is 12.4. The molecule has 3 aromatic rings. The van der Waals surface area contributed by atoms with Gasteiger partial charge in [-0.25, -0.2) is 4.79 Å². The fourth-order valence-corrected chi connectivity index (χ4v) is 2.89. The number of ether oxygens (including phenoxy) is 1. The van der Waals surface area contributed by atoms with Gasteiger partial charge in [0.05, 0.1) is 15.0 Å². The maximum Gasteiger partial charge on any atom is 0.338 e. The molecule has 0 spiro atoms. The number of nitrogens with zero attached hydrogens (tertiary/aromatic N) is 1. The topological polar surface area (TPSA) is 99.7 Å². The number of fused-ring (bicyclic) bond motifs is 1. The molecule has 2 aromatic carbocycles. The highest BCUT2D eigenvalue weighted by atomic mass is 79.9. The highest BCUT2D eigenvalue weighted by Gasteiger charge is 2.21. The number of furan rings is 1. The van der Waals surface area contributed by atoms with Crippen molar-refractivity contribution in [2.45, 2.75) is 6.92 Å². The molecule has 0 bridgehead atoms. The van der Waals surface area contributed by atoms with Crippen LogP contribution in [0.25, 0.3) is 11.0 Å².